The third-order valence-electron chi connectivity index (χ3n) is 3.33. The van der Waals surface area contributed by atoms with Crippen LogP contribution in [0.5, 0.6) is 0 Å². The highest BCUT2D eigenvalue weighted by Gasteiger charge is 2.15. The van der Waals surface area contributed by atoms with Crippen molar-refractivity contribution in [3.05, 3.63) is 65.5 Å². The van der Waals surface area contributed by atoms with E-state index in [9.17, 15) is 4.79 Å². The first-order valence-electron chi connectivity index (χ1n) is 6.66. The second-order valence-electron chi connectivity index (χ2n) is 5.20. The quantitative estimate of drug-likeness (QED) is 0.606. The SMILES string of the molecule is Cc1ccc(C(C)C)cc1C(=O)C[n+]1ccccc1. The molecule has 0 radical (unpaired) electrons. The average molecular weight is 254 g/mol. The van der Waals surface area contributed by atoms with Gasteiger partial charge in [0.25, 0.3) is 0 Å². The number of Topliss-reactive ketones (excluding diaryl/α,β-unsaturated/α-hetero) is 1. The van der Waals surface area contributed by atoms with Crippen LogP contribution in [0.1, 0.15) is 41.3 Å². The zero-order chi connectivity index (χ0) is 13.8. The molecule has 2 nitrogen and oxygen atoms in total. The molecule has 2 heteroatoms. The van der Waals surface area contributed by atoms with Gasteiger partial charge in [0.1, 0.15) is 0 Å². The third-order valence-corrected chi connectivity index (χ3v) is 3.33. The molecule has 0 spiro atoms. The van der Waals surface area contributed by atoms with Crippen LogP contribution in [0.25, 0.3) is 0 Å². The monoisotopic (exact) mass is 254 g/mol. The maximum atomic E-state index is 12.4. The number of hydrogen-bond acceptors (Lipinski definition) is 1. The van der Waals surface area contributed by atoms with Crippen LogP contribution in [0.2, 0.25) is 0 Å². The summed E-state index contributed by atoms with van der Waals surface area (Å²) in [5, 5.41) is 0. The van der Waals surface area contributed by atoms with Crippen LogP contribution in [0.15, 0.2) is 48.8 Å². The highest BCUT2D eigenvalue weighted by molar-refractivity contribution is 5.96. The molecule has 98 valence electrons. The van der Waals surface area contributed by atoms with Gasteiger partial charge in [0.15, 0.2) is 12.4 Å². The Labute approximate surface area is 114 Å². The number of aryl methyl sites for hydroxylation is 1. The largest absolute Gasteiger partial charge is 0.287 e. The summed E-state index contributed by atoms with van der Waals surface area (Å²) < 4.78 is 1.91. The molecule has 0 aliphatic carbocycles. The van der Waals surface area contributed by atoms with Gasteiger partial charge in [-0.05, 0) is 30.0 Å². The Bertz CT molecular complexity index is 573. The van der Waals surface area contributed by atoms with Gasteiger partial charge in [-0.1, -0.05) is 32.0 Å². The van der Waals surface area contributed by atoms with Gasteiger partial charge in [-0.3, -0.25) is 4.79 Å². The molecule has 2 rings (SSSR count). The average Bonchev–Trinajstić information content (AvgIpc) is 2.40. The lowest BCUT2D eigenvalue weighted by Crippen LogP contribution is -2.37. The van der Waals surface area contributed by atoms with E-state index in [4.69, 9.17) is 0 Å². The second-order valence-corrected chi connectivity index (χ2v) is 5.20. The van der Waals surface area contributed by atoms with Crippen LogP contribution in [-0.2, 0) is 6.54 Å². The Morgan fingerprint density at radius 2 is 1.84 bits per heavy atom. The van der Waals surface area contributed by atoms with E-state index < -0.39 is 0 Å². The highest BCUT2D eigenvalue weighted by atomic mass is 16.1. The third kappa shape index (κ3) is 3.28. The summed E-state index contributed by atoms with van der Waals surface area (Å²) in [6, 6.07) is 12.0. The lowest BCUT2D eigenvalue weighted by atomic mass is 9.96. The van der Waals surface area contributed by atoms with E-state index in [1.54, 1.807) is 0 Å². The lowest BCUT2D eigenvalue weighted by molar-refractivity contribution is -0.683. The molecule has 0 aliphatic rings. The molecule has 0 saturated carbocycles. The van der Waals surface area contributed by atoms with E-state index in [0.717, 1.165) is 11.1 Å². The minimum atomic E-state index is 0.163. The number of rotatable bonds is 4. The zero-order valence-corrected chi connectivity index (χ0v) is 11.8. The van der Waals surface area contributed by atoms with Crippen molar-refractivity contribution in [3.8, 4) is 0 Å². The van der Waals surface area contributed by atoms with E-state index in [1.165, 1.54) is 5.56 Å². The number of hydrogen-bond donors (Lipinski definition) is 0. The topological polar surface area (TPSA) is 20.9 Å². The van der Waals surface area contributed by atoms with Crippen molar-refractivity contribution in [3.63, 3.8) is 0 Å². The second kappa shape index (κ2) is 5.79. The number of aromatic nitrogens is 1. The fourth-order valence-electron chi connectivity index (χ4n) is 2.09. The fraction of sp³-hybridized carbons (Fsp3) is 0.294. The van der Waals surface area contributed by atoms with Crippen LogP contribution >= 0.6 is 0 Å². The Hall–Kier alpha value is -1.96. The fourth-order valence-corrected chi connectivity index (χ4v) is 2.09. The summed E-state index contributed by atoms with van der Waals surface area (Å²) in [7, 11) is 0. The Kier molecular flexibility index (Phi) is 4.10. The molecule has 1 heterocycles. The maximum absolute atomic E-state index is 12.4. The molecular weight excluding hydrogens is 234 g/mol. The summed E-state index contributed by atoms with van der Waals surface area (Å²) in [4.78, 5) is 12.4. The molecule has 1 aromatic heterocycles. The molecule has 0 bridgehead atoms. The van der Waals surface area contributed by atoms with Crippen molar-refractivity contribution in [2.24, 2.45) is 0 Å². The summed E-state index contributed by atoms with van der Waals surface area (Å²) in [5.74, 6) is 0.604. The molecule has 0 aliphatic heterocycles. The van der Waals surface area contributed by atoms with Gasteiger partial charge in [-0.25, -0.2) is 0 Å². The number of carbonyl (C=O) groups is 1. The molecule has 0 amide bonds. The first kappa shape index (κ1) is 13.5. The van der Waals surface area contributed by atoms with Crippen molar-refractivity contribution < 1.29 is 9.36 Å². The van der Waals surface area contributed by atoms with Gasteiger partial charge in [0.2, 0.25) is 12.3 Å². The number of ketones is 1. The zero-order valence-electron chi connectivity index (χ0n) is 11.8. The van der Waals surface area contributed by atoms with Gasteiger partial charge >= 0.3 is 0 Å². The number of benzene rings is 1. The maximum Gasteiger partial charge on any atom is 0.227 e. The van der Waals surface area contributed by atoms with Crippen LogP contribution in [0.4, 0.5) is 0 Å². The van der Waals surface area contributed by atoms with E-state index in [-0.39, 0.29) is 5.78 Å². The van der Waals surface area contributed by atoms with E-state index in [2.05, 4.69) is 19.9 Å². The summed E-state index contributed by atoms with van der Waals surface area (Å²) in [5.41, 5.74) is 3.10. The van der Waals surface area contributed by atoms with Crippen LogP contribution in [0.3, 0.4) is 0 Å². The van der Waals surface area contributed by atoms with E-state index >= 15 is 0 Å². The standard InChI is InChI=1S/C17H20NO/c1-13(2)15-8-7-14(3)16(11-15)17(19)12-18-9-5-4-6-10-18/h4-11,13H,12H2,1-3H3/q+1. The Morgan fingerprint density at radius 3 is 2.47 bits per heavy atom. The number of nitrogens with zero attached hydrogens (tertiary/aromatic N) is 1. The lowest BCUT2D eigenvalue weighted by Gasteiger charge is -2.09. The van der Waals surface area contributed by atoms with Gasteiger partial charge in [-0.15, -0.1) is 0 Å². The van der Waals surface area contributed by atoms with Crippen molar-refractivity contribution in [2.75, 3.05) is 0 Å². The van der Waals surface area contributed by atoms with E-state index in [0.29, 0.717) is 12.5 Å². The Morgan fingerprint density at radius 1 is 1.16 bits per heavy atom. The smallest absolute Gasteiger partial charge is 0.227 e. The molecule has 0 fully saturated rings. The first-order valence-corrected chi connectivity index (χ1v) is 6.66. The molecular formula is C17H20NO+. The first-order chi connectivity index (χ1) is 9.08. The molecule has 1 aromatic carbocycles. The van der Waals surface area contributed by atoms with Gasteiger partial charge < -0.3 is 0 Å². The molecule has 0 saturated heterocycles. The van der Waals surface area contributed by atoms with Gasteiger partial charge in [0.05, 0.1) is 0 Å². The summed E-state index contributed by atoms with van der Waals surface area (Å²) >= 11 is 0. The molecule has 0 unspecified atom stereocenters. The van der Waals surface area contributed by atoms with Crippen molar-refractivity contribution in [2.45, 2.75) is 33.2 Å². The van der Waals surface area contributed by atoms with Crippen LogP contribution in [-0.4, -0.2) is 5.78 Å². The van der Waals surface area contributed by atoms with Crippen LogP contribution in [0, 0.1) is 6.92 Å². The summed E-state index contributed by atoms with van der Waals surface area (Å²) in [6.07, 6.45) is 3.83. The minimum absolute atomic E-state index is 0.163. The van der Waals surface area contributed by atoms with Crippen molar-refractivity contribution >= 4 is 5.78 Å². The van der Waals surface area contributed by atoms with Crippen molar-refractivity contribution in [1.82, 2.24) is 0 Å². The molecule has 2 aromatic rings. The van der Waals surface area contributed by atoms with Crippen molar-refractivity contribution in [1.29, 1.82) is 0 Å². The molecule has 0 atom stereocenters. The van der Waals surface area contributed by atoms with Gasteiger partial charge in [0, 0.05) is 17.7 Å². The molecule has 0 N–H and O–H groups in total. The van der Waals surface area contributed by atoms with Crippen LogP contribution < -0.4 is 4.57 Å². The molecule has 19 heavy (non-hydrogen) atoms. The van der Waals surface area contributed by atoms with Gasteiger partial charge in [-0.2, -0.15) is 4.57 Å². The predicted molar refractivity (Wildman–Crippen MR) is 76.2 cm³/mol. The summed E-state index contributed by atoms with van der Waals surface area (Å²) in [6.45, 7) is 6.67. The highest BCUT2D eigenvalue weighted by Crippen LogP contribution is 2.19. The Balaban J connectivity index is 2.26. The predicted octanol–water partition coefficient (Wildman–Crippen LogP) is 3.29. The number of carbonyl (C=O) groups excluding carboxylic acids is 1. The normalized spacial score (nSPS) is 10.7. The minimum Gasteiger partial charge on any atom is -0.287 e. The van der Waals surface area contributed by atoms with E-state index in [1.807, 2.05) is 54.2 Å². The number of pyridine rings is 1.